The van der Waals surface area contributed by atoms with Crippen LogP contribution < -0.4 is 45.3 Å². The minimum absolute atomic E-state index is 0. The van der Waals surface area contributed by atoms with Crippen LogP contribution in [-0.2, 0) is 15.0 Å². The summed E-state index contributed by atoms with van der Waals surface area (Å²) in [5.74, 6) is -0.832. The Morgan fingerprint density at radius 3 is 2.61 bits per heavy atom. The van der Waals surface area contributed by atoms with Crippen molar-refractivity contribution < 1.29 is 59.5 Å². The maximum atomic E-state index is 13.9. The number of amides is 1. The summed E-state index contributed by atoms with van der Waals surface area (Å²) >= 11 is 0. The predicted octanol–water partition coefficient (Wildman–Crippen LogP) is 1.76. The second-order valence-electron chi connectivity index (χ2n) is 9.36. The molecule has 1 amide bonds. The Labute approximate surface area is 235 Å². The Kier molecular flexibility index (Phi) is 8.29. The maximum Gasteiger partial charge on any atom is 1.00 e. The van der Waals surface area contributed by atoms with Gasteiger partial charge in [0.25, 0.3) is 5.91 Å². The van der Waals surface area contributed by atoms with Crippen LogP contribution in [0.1, 0.15) is 46.2 Å². The first kappa shape index (κ1) is 28.2. The van der Waals surface area contributed by atoms with Gasteiger partial charge in [-0.1, -0.05) is 48.9 Å². The summed E-state index contributed by atoms with van der Waals surface area (Å²) in [4.78, 5) is 24.9. The van der Waals surface area contributed by atoms with Gasteiger partial charge in [-0.3, -0.25) is 18.7 Å². The number of hydrogen-bond acceptors (Lipinski definition) is 8. The minimum Gasteiger partial charge on any atom is -1.00 e. The van der Waals surface area contributed by atoms with Crippen molar-refractivity contribution in [3.63, 3.8) is 0 Å². The Morgan fingerprint density at radius 2 is 1.94 bits per heavy atom. The summed E-state index contributed by atoms with van der Waals surface area (Å²) in [6.45, 7) is 5.64. The van der Waals surface area contributed by atoms with Crippen LogP contribution in [0.25, 0.3) is 5.76 Å². The Hall–Kier alpha value is -2.34. The van der Waals surface area contributed by atoms with E-state index < -0.39 is 22.1 Å². The third-order valence-electron chi connectivity index (χ3n) is 6.30. The van der Waals surface area contributed by atoms with E-state index in [9.17, 15) is 23.8 Å². The van der Waals surface area contributed by atoms with Crippen LogP contribution in [0.5, 0.6) is 5.75 Å². The number of fused-ring (bicyclic) bond motifs is 2. The van der Waals surface area contributed by atoms with Crippen molar-refractivity contribution in [3.8, 4) is 5.75 Å². The average Bonchev–Trinajstić information content (AvgIpc) is 2.80. The Morgan fingerprint density at radius 1 is 1.25 bits per heavy atom. The van der Waals surface area contributed by atoms with Crippen molar-refractivity contribution in [2.24, 2.45) is 16.0 Å². The third-order valence-corrected chi connectivity index (χ3v) is 7.67. The number of nitrogens with zero attached hydrogens (tertiary/aromatic N) is 1. The van der Waals surface area contributed by atoms with Crippen molar-refractivity contribution in [3.05, 3.63) is 59.2 Å². The molecule has 0 saturated carbocycles. The Balaban J connectivity index is 0.00000241. The van der Waals surface area contributed by atoms with Crippen LogP contribution in [0.3, 0.4) is 0 Å². The van der Waals surface area contributed by atoms with E-state index in [2.05, 4.69) is 23.6 Å². The number of rotatable bonds is 7. The van der Waals surface area contributed by atoms with Crippen molar-refractivity contribution in [1.82, 2.24) is 0 Å². The number of ketones is 1. The molecule has 2 aromatic carbocycles. The van der Waals surface area contributed by atoms with Crippen LogP contribution in [-0.4, -0.2) is 38.3 Å². The number of anilines is 1. The molecule has 0 radical (unpaired) electrons. The topological polar surface area (TPSA) is 154 Å². The van der Waals surface area contributed by atoms with E-state index in [0.717, 1.165) is 12.0 Å². The van der Waals surface area contributed by atoms with Crippen molar-refractivity contribution >= 4 is 39.7 Å². The smallest absolute Gasteiger partial charge is 1.00 e. The van der Waals surface area contributed by atoms with Gasteiger partial charge in [-0.05, 0) is 43.4 Å². The molecule has 6 N–H and O–H groups in total. The van der Waals surface area contributed by atoms with E-state index in [4.69, 9.17) is 10.5 Å². The molecule has 0 fully saturated rings. The number of aliphatic hydroxyl groups excluding tert-OH is 1. The Bertz CT molecular complexity index is 1280. The zero-order valence-corrected chi connectivity index (χ0v) is 23.6. The monoisotopic (exact) mass is 523 g/mol. The molecule has 2 aliphatic rings. The third kappa shape index (κ3) is 5.20. The first-order chi connectivity index (χ1) is 16.4. The summed E-state index contributed by atoms with van der Waals surface area (Å²) in [5.41, 5.74) is 5.61. The largest absolute Gasteiger partial charge is 1.00 e. The molecule has 4 rings (SSSR count). The fourth-order valence-corrected chi connectivity index (χ4v) is 5.55. The number of hydrogen-bond donors (Lipinski definition) is 5. The van der Waals surface area contributed by atoms with Gasteiger partial charge in [0.05, 0.1) is 11.1 Å². The molecule has 188 valence electrons. The summed E-state index contributed by atoms with van der Waals surface area (Å²) in [6, 6.07) is 11.6. The number of Topliss-reactive ketones (excluding diaryl/α,β-unsaturated/α-hetero) is 1. The molecular weight excluding hydrogens is 493 g/mol. The van der Waals surface area contributed by atoms with E-state index >= 15 is 0 Å². The van der Waals surface area contributed by atoms with Crippen LogP contribution in [0.15, 0.2) is 57.3 Å². The first-order valence-corrected chi connectivity index (χ1v) is 12.7. The summed E-state index contributed by atoms with van der Waals surface area (Å²) in [6.07, 6.45) is 1.34. The first-order valence-electron chi connectivity index (χ1n) is 11.2. The molecular formula is C25H30N3NaO6S. The van der Waals surface area contributed by atoms with Gasteiger partial charge in [0, 0.05) is 11.6 Å². The molecule has 0 bridgehead atoms. The number of primary amides is 1. The molecule has 36 heavy (non-hydrogen) atoms. The quantitative estimate of drug-likeness (QED) is 0.347. The minimum atomic E-state index is -3.76. The number of carbonyl (C=O) groups excluding carboxylic acids is 2. The zero-order chi connectivity index (χ0) is 25.5. The van der Waals surface area contributed by atoms with Gasteiger partial charge in [0.15, 0.2) is 18.2 Å². The van der Waals surface area contributed by atoms with E-state index in [1.165, 1.54) is 18.2 Å². The van der Waals surface area contributed by atoms with Gasteiger partial charge in [-0.15, -0.1) is 4.40 Å². The average molecular weight is 524 g/mol. The molecule has 2 aromatic rings. The molecule has 9 nitrogen and oxygen atoms in total. The maximum absolute atomic E-state index is 13.9. The molecule has 1 aliphatic carbocycles. The predicted molar refractivity (Wildman–Crippen MR) is 137 cm³/mol. The number of ether oxygens (including phenoxy) is 1. The van der Waals surface area contributed by atoms with Gasteiger partial charge in [-0.25, -0.2) is 0 Å². The van der Waals surface area contributed by atoms with Crippen LogP contribution in [0, 0.1) is 5.92 Å². The van der Waals surface area contributed by atoms with Crippen LogP contribution in [0.4, 0.5) is 5.69 Å². The molecule has 11 heteroatoms. The van der Waals surface area contributed by atoms with Crippen molar-refractivity contribution in [2.75, 3.05) is 11.9 Å². The van der Waals surface area contributed by atoms with Crippen LogP contribution >= 0.6 is 10.8 Å². The van der Waals surface area contributed by atoms with Crippen molar-refractivity contribution in [2.45, 2.75) is 43.9 Å². The molecule has 0 saturated heterocycles. The van der Waals surface area contributed by atoms with E-state index in [1.807, 2.05) is 19.1 Å². The molecule has 1 unspecified atom stereocenters. The van der Waals surface area contributed by atoms with Gasteiger partial charge in [-0.2, -0.15) is 0 Å². The van der Waals surface area contributed by atoms with Crippen LogP contribution in [0.2, 0.25) is 0 Å². The SMILES string of the molecule is CC(C)CCC1(C)C(=O)C(C2=NS(O)(O)c3cc(OCC(N)=O)ccc3N2)=C(O)c2ccccc21.[H-].[Na+]. The standard InChI is InChI=1S/C25H29N3O6S.Na.H/c1-14(2)10-11-25(3)17-7-5-4-6-16(17)22(30)21(23(25)31)24-27-18-9-8-15(34-13-20(26)29)12-19(18)35(32,33)28-24;;/h4-9,12,14,30,32-33H,10-11,13H2,1-3H3,(H2,26,29)(H,27,28);;/q;+1;-1. The van der Waals surface area contributed by atoms with Crippen molar-refractivity contribution in [1.29, 1.82) is 0 Å². The molecule has 1 heterocycles. The van der Waals surface area contributed by atoms with E-state index in [-0.39, 0.29) is 76.9 Å². The van der Waals surface area contributed by atoms with E-state index in [0.29, 0.717) is 17.9 Å². The normalized spacial score (nSPS) is 20.9. The number of amidine groups is 1. The number of benzene rings is 2. The number of carbonyl (C=O) groups is 2. The van der Waals surface area contributed by atoms with Gasteiger partial charge < -0.3 is 22.3 Å². The second kappa shape index (κ2) is 10.6. The second-order valence-corrected chi connectivity index (χ2v) is 11.0. The molecule has 1 aliphatic heterocycles. The fraction of sp³-hybridized carbons (Fsp3) is 0.320. The molecule has 1 atom stereocenters. The van der Waals surface area contributed by atoms with E-state index in [1.54, 1.807) is 12.1 Å². The fourth-order valence-electron chi connectivity index (χ4n) is 4.37. The number of nitrogens with two attached hydrogens (primary N) is 1. The summed E-state index contributed by atoms with van der Waals surface area (Å²) < 4.78 is 31.0. The number of nitrogens with one attached hydrogen (secondary N) is 1. The molecule has 0 aromatic heterocycles. The van der Waals surface area contributed by atoms with Gasteiger partial charge in [0.1, 0.15) is 22.0 Å². The molecule has 0 spiro atoms. The number of aliphatic hydroxyl groups is 1. The summed E-state index contributed by atoms with van der Waals surface area (Å²) in [5, 5.41) is 14.1. The zero-order valence-electron chi connectivity index (χ0n) is 21.7. The summed E-state index contributed by atoms with van der Waals surface area (Å²) in [7, 11) is -3.76. The van der Waals surface area contributed by atoms with Gasteiger partial charge >= 0.3 is 29.6 Å². The van der Waals surface area contributed by atoms with Gasteiger partial charge in [0.2, 0.25) is 0 Å².